The van der Waals surface area contributed by atoms with Crippen LogP contribution in [-0.2, 0) is 33.1 Å². The van der Waals surface area contributed by atoms with E-state index in [0.29, 0.717) is 11.5 Å². The Labute approximate surface area is 321 Å². The summed E-state index contributed by atoms with van der Waals surface area (Å²) >= 11 is 0. The zero-order valence-corrected chi connectivity index (χ0v) is 33.9. The Kier molecular flexibility index (Phi) is 13.1. The minimum atomic E-state index is -4.87. The normalized spacial score (nSPS) is 20.1. The molecule has 0 radical (unpaired) electrons. The number of phosphoric acid groups is 1. The third-order valence-corrected chi connectivity index (χ3v) is 15.5. The van der Waals surface area contributed by atoms with Crippen molar-refractivity contribution in [3.63, 3.8) is 0 Å². The SMILES string of the molecule is COc1ccc(C(OC[C@H]2O[C@@H](n3ccc(=O)[nH]c3=O)[C@H](O[Si](C)(C)C(C)(C)C)[C@@H]2OP(=O)(O)OCCC#N)(c2ccccc2)c2ccc(OC)cc2)cc1. The number of hydrogen-bond acceptors (Lipinski definition) is 11. The molecule has 0 bridgehead atoms. The van der Waals surface area contributed by atoms with Crippen molar-refractivity contribution in [3.05, 3.63) is 129 Å². The number of nitrogens with one attached hydrogen (secondary N) is 1. The van der Waals surface area contributed by atoms with Crippen molar-refractivity contribution in [1.29, 1.82) is 5.26 Å². The summed E-state index contributed by atoms with van der Waals surface area (Å²) in [5, 5.41) is 8.71. The number of nitriles is 1. The number of nitrogens with zero attached hydrogens (tertiary/aromatic N) is 2. The first-order valence-corrected chi connectivity index (χ1v) is 22.1. The van der Waals surface area contributed by atoms with E-state index in [1.807, 2.05) is 119 Å². The van der Waals surface area contributed by atoms with Gasteiger partial charge in [0.1, 0.15) is 35.4 Å². The Bertz CT molecular complexity index is 2050. The highest BCUT2D eigenvalue weighted by Crippen LogP contribution is 2.51. The van der Waals surface area contributed by atoms with E-state index >= 15 is 0 Å². The highest BCUT2D eigenvalue weighted by molar-refractivity contribution is 7.47. The van der Waals surface area contributed by atoms with E-state index in [0.717, 1.165) is 21.3 Å². The van der Waals surface area contributed by atoms with E-state index < -0.39 is 57.5 Å². The molecule has 1 aliphatic heterocycles. The Morgan fingerprint density at radius 3 is 1.96 bits per heavy atom. The fourth-order valence-corrected chi connectivity index (χ4v) is 8.37. The third kappa shape index (κ3) is 9.37. The summed E-state index contributed by atoms with van der Waals surface area (Å²) in [7, 11) is -4.47. The van der Waals surface area contributed by atoms with Gasteiger partial charge in [0.15, 0.2) is 14.5 Å². The van der Waals surface area contributed by atoms with Crippen molar-refractivity contribution in [2.75, 3.05) is 27.4 Å². The van der Waals surface area contributed by atoms with Gasteiger partial charge in [0.2, 0.25) is 0 Å². The standard InChI is InChI=1S/C39H48N3O11PSi/c1-38(2,3)55(6,7)53-35-34(52-54(45,46)50-25-11-23-40)32(51-36(35)42-24-22-33(43)41-37(42)44)26-49-39(27-12-9-8-10-13-27,28-14-18-30(47-4)19-15-28)29-16-20-31(48-5)21-17-29/h8-10,12-22,24,32,34-36H,11,25-26H2,1-7H3,(H,45,46)(H,41,43,44)/t32-,34-,35-,36-/m1/s1. The molecule has 5 atom stereocenters. The molecule has 294 valence electrons. The lowest BCUT2D eigenvalue weighted by molar-refractivity contribution is -0.0953. The zero-order valence-electron chi connectivity index (χ0n) is 32.0. The van der Waals surface area contributed by atoms with Crippen LogP contribution in [0.3, 0.4) is 0 Å². The zero-order chi connectivity index (χ0) is 40.0. The molecule has 1 saturated heterocycles. The summed E-state index contributed by atoms with van der Waals surface area (Å²) in [6.45, 7) is 9.38. The van der Waals surface area contributed by atoms with Gasteiger partial charge >= 0.3 is 13.5 Å². The maximum Gasteiger partial charge on any atom is 0.472 e. The maximum absolute atomic E-state index is 13.6. The highest BCUT2D eigenvalue weighted by Gasteiger charge is 2.55. The van der Waals surface area contributed by atoms with Crippen LogP contribution in [-0.4, -0.2) is 68.5 Å². The van der Waals surface area contributed by atoms with Crippen molar-refractivity contribution in [2.24, 2.45) is 0 Å². The van der Waals surface area contributed by atoms with Gasteiger partial charge in [-0.3, -0.25) is 23.4 Å². The second kappa shape index (κ2) is 17.2. The first kappa shape index (κ1) is 41.8. The molecule has 1 unspecified atom stereocenters. The lowest BCUT2D eigenvalue weighted by Crippen LogP contribution is -2.50. The van der Waals surface area contributed by atoms with Crippen LogP contribution in [0.15, 0.2) is 101 Å². The number of ether oxygens (including phenoxy) is 4. The average molecular weight is 794 g/mol. The summed E-state index contributed by atoms with van der Waals surface area (Å²) in [6, 6.07) is 27.4. The average Bonchev–Trinajstić information content (AvgIpc) is 3.46. The summed E-state index contributed by atoms with van der Waals surface area (Å²) in [4.78, 5) is 38.7. The van der Waals surface area contributed by atoms with Crippen LogP contribution in [0, 0.1) is 11.3 Å². The molecular weight excluding hydrogens is 745 g/mol. The molecule has 16 heteroatoms. The van der Waals surface area contributed by atoms with E-state index in [-0.39, 0.29) is 24.7 Å². The molecule has 0 aliphatic carbocycles. The number of aromatic nitrogens is 2. The van der Waals surface area contributed by atoms with Crippen molar-refractivity contribution >= 4 is 16.1 Å². The molecule has 5 rings (SSSR count). The minimum Gasteiger partial charge on any atom is -0.497 e. The number of benzene rings is 3. The fraction of sp³-hybridized carbons (Fsp3) is 0.410. The van der Waals surface area contributed by atoms with Crippen LogP contribution < -0.4 is 20.7 Å². The summed E-state index contributed by atoms with van der Waals surface area (Å²) in [5.74, 6) is 1.26. The van der Waals surface area contributed by atoms with Crippen LogP contribution in [0.2, 0.25) is 18.1 Å². The molecule has 1 aliphatic rings. The Morgan fingerprint density at radius 1 is 0.891 bits per heavy atom. The minimum absolute atomic E-state index is 0.162. The fourth-order valence-electron chi connectivity index (χ4n) is 6.14. The van der Waals surface area contributed by atoms with E-state index in [4.69, 9.17) is 37.7 Å². The van der Waals surface area contributed by atoms with E-state index in [2.05, 4.69) is 4.98 Å². The van der Waals surface area contributed by atoms with Gasteiger partial charge in [-0.25, -0.2) is 9.36 Å². The van der Waals surface area contributed by atoms with Gasteiger partial charge in [-0.1, -0.05) is 75.4 Å². The van der Waals surface area contributed by atoms with Crippen LogP contribution in [0.1, 0.15) is 50.1 Å². The molecule has 4 aromatic rings. The molecule has 0 saturated carbocycles. The number of rotatable bonds is 16. The van der Waals surface area contributed by atoms with Gasteiger partial charge in [0, 0.05) is 12.3 Å². The van der Waals surface area contributed by atoms with Gasteiger partial charge in [0.05, 0.1) is 39.9 Å². The van der Waals surface area contributed by atoms with Crippen molar-refractivity contribution in [1.82, 2.24) is 9.55 Å². The van der Waals surface area contributed by atoms with Crippen molar-refractivity contribution in [2.45, 2.75) is 75.5 Å². The Balaban J connectivity index is 1.68. The summed E-state index contributed by atoms with van der Waals surface area (Å²) in [6.07, 6.45) is -3.84. The number of phosphoric ester groups is 1. The van der Waals surface area contributed by atoms with Gasteiger partial charge < -0.3 is 28.3 Å². The molecule has 0 amide bonds. The smallest absolute Gasteiger partial charge is 0.472 e. The largest absolute Gasteiger partial charge is 0.497 e. The molecule has 3 aromatic carbocycles. The molecule has 1 aromatic heterocycles. The first-order valence-electron chi connectivity index (χ1n) is 17.7. The van der Waals surface area contributed by atoms with Gasteiger partial charge in [0.25, 0.3) is 5.56 Å². The molecule has 2 heterocycles. The van der Waals surface area contributed by atoms with E-state index in [1.54, 1.807) is 14.2 Å². The van der Waals surface area contributed by atoms with E-state index in [9.17, 15) is 19.0 Å². The lowest BCUT2D eigenvalue weighted by Gasteiger charge is -2.41. The monoisotopic (exact) mass is 793 g/mol. The van der Waals surface area contributed by atoms with Crippen LogP contribution in [0.25, 0.3) is 0 Å². The maximum atomic E-state index is 13.6. The summed E-state index contributed by atoms with van der Waals surface area (Å²) in [5.41, 5.74) is -0.537. The Hall–Kier alpha value is -4.36. The van der Waals surface area contributed by atoms with Crippen LogP contribution >= 0.6 is 7.82 Å². The van der Waals surface area contributed by atoms with Crippen LogP contribution in [0.5, 0.6) is 11.5 Å². The number of hydrogen-bond donors (Lipinski definition) is 2. The number of H-pyrrole nitrogens is 1. The van der Waals surface area contributed by atoms with Crippen molar-refractivity contribution < 1.29 is 41.9 Å². The molecule has 55 heavy (non-hydrogen) atoms. The van der Waals surface area contributed by atoms with Gasteiger partial charge in [-0.15, -0.1) is 0 Å². The number of aromatic amines is 1. The lowest BCUT2D eigenvalue weighted by atomic mass is 9.80. The quantitative estimate of drug-likeness (QED) is 0.0563. The topological polar surface area (TPSA) is 181 Å². The Morgan fingerprint density at radius 2 is 1.45 bits per heavy atom. The second-order valence-corrected chi connectivity index (χ2v) is 20.7. The summed E-state index contributed by atoms with van der Waals surface area (Å²) < 4.78 is 57.4. The molecular formula is C39H48N3O11PSi. The van der Waals surface area contributed by atoms with Gasteiger partial charge in [-0.2, -0.15) is 5.26 Å². The van der Waals surface area contributed by atoms with Gasteiger partial charge in [-0.05, 0) is 59.1 Å². The second-order valence-electron chi connectivity index (χ2n) is 14.5. The third-order valence-electron chi connectivity index (χ3n) is 10.0. The predicted octanol–water partition coefficient (Wildman–Crippen LogP) is 6.27. The van der Waals surface area contributed by atoms with E-state index in [1.165, 1.54) is 12.3 Å². The molecule has 0 spiro atoms. The molecule has 14 nitrogen and oxygen atoms in total. The van der Waals surface area contributed by atoms with Crippen molar-refractivity contribution in [3.8, 4) is 17.6 Å². The number of methoxy groups -OCH3 is 2. The highest BCUT2D eigenvalue weighted by atomic mass is 31.2. The molecule has 1 fully saturated rings. The van der Waals surface area contributed by atoms with Crippen LogP contribution in [0.4, 0.5) is 0 Å². The first-order chi connectivity index (χ1) is 26.0. The molecule has 2 N–H and O–H groups in total. The predicted molar refractivity (Wildman–Crippen MR) is 206 cm³/mol.